The molecule has 1 rings (SSSR count). The molecule has 1 aromatic rings. The summed E-state index contributed by atoms with van der Waals surface area (Å²) in [6.07, 6.45) is 0. The summed E-state index contributed by atoms with van der Waals surface area (Å²) in [5, 5.41) is 16.4. The van der Waals surface area contributed by atoms with E-state index >= 15 is 0 Å². The molecule has 0 spiro atoms. The molecule has 0 bridgehead atoms. The second-order valence-corrected chi connectivity index (χ2v) is 2.04. The molecule has 0 N–H and O–H groups in total. The van der Waals surface area contributed by atoms with Crippen molar-refractivity contribution in [1.29, 1.82) is 10.5 Å². The van der Waals surface area contributed by atoms with Crippen molar-refractivity contribution >= 4 is 0 Å². The highest BCUT2D eigenvalue weighted by Crippen LogP contribution is 2.17. The first-order valence-corrected chi connectivity index (χ1v) is 3.01. The van der Waals surface area contributed by atoms with E-state index < -0.39 is 28.6 Å². The first-order valence-electron chi connectivity index (χ1n) is 3.01. The van der Waals surface area contributed by atoms with Crippen LogP contribution in [-0.2, 0) is 0 Å². The van der Waals surface area contributed by atoms with Crippen molar-refractivity contribution in [3.63, 3.8) is 0 Å². The second kappa shape index (κ2) is 3.16. The molecule has 2 nitrogen and oxygen atoms in total. The maximum Gasteiger partial charge on any atom is 0.180 e. The monoisotopic (exact) mass is 181 g/mol. The Kier molecular flexibility index (Phi) is 2.21. The maximum atomic E-state index is 12.7. The number of nitriles is 2. The van der Waals surface area contributed by atoms with Gasteiger partial charge in [0.2, 0.25) is 0 Å². The topological polar surface area (TPSA) is 47.6 Å². The lowest BCUT2D eigenvalue weighted by atomic mass is 10.1. The molecule has 0 amide bonds. The molecular weight excluding hydrogens is 181 g/mol. The molecule has 0 aliphatic heterocycles. The molecule has 0 aliphatic rings. The van der Waals surface area contributed by atoms with Gasteiger partial charge < -0.3 is 0 Å². The van der Waals surface area contributed by atoms with Crippen molar-refractivity contribution in [2.75, 3.05) is 0 Å². The van der Waals surface area contributed by atoms with E-state index in [1.165, 1.54) is 6.07 Å². The molecule has 0 saturated heterocycles. The lowest BCUT2D eigenvalue weighted by Crippen LogP contribution is -1.98. The molecule has 1 radical (unpaired) electrons. The van der Waals surface area contributed by atoms with Gasteiger partial charge in [-0.2, -0.15) is 10.5 Å². The van der Waals surface area contributed by atoms with E-state index in [9.17, 15) is 13.2 Å². The Bertz CT molecular complexity index is 440. The summed E-state index contributed by atoms with van der Waals surface area (Å²) in [6, 6.07) is 3.95. The van der Waals surface area contributed by atoms with Crippen molar-refractivity contribution in [3.05, 3.63) is 34.6 Å². The average molecular weight is 181 g/mol. The SMILES string of the molecule is N#Cc1[c]c(F)c(C#N)c(F)c1F. The highest BCUT2D eigenvalue weighted by atomic mass is 19.2. The van der Waals surface area contributed by atoms with Gasteiger partial charge in [-0.3, -0.25) is 0 Å². The summed E-state index contributed by atoms with van der Waals surface area (Å²) in [5.41, 5.74) is -1.95. The van der Waals surface area contributed by atoms with E-state index in [0.29, 0.717) is 0 Å². The molecule has 0 saturated carbocycles. The van der Waals surface area contributed by atoms with Crippen LogP contribution in [0.4, 0.5) is 13.2 Å². The number of hydrogen-bond acceptors (Lipinski definition) is 2. The molecule has 0 aliphatic carbocycles. The second-order valence-electron chi connectivity index (χ2n) is 2.04. The minimum Gasteiger partial charge on any atom is -0.205 e. The molecule has 0 atom stereocenters. The Morgan fingerprint density at radius 3 is 2.08 bits per heavy atom. The fourth-order valence-corrected chi connectivity index (χ4v) is 0.718. The van der Waals surface area contributed by atoms with E-state index in [1.807, 2.05) is 0 Å². The molecule has 1 aromatic carbocycles. The van der Waals surface area contributed by atoms with Crippen LogP contribution >= 0.6 is 0 Å². The van der Waals surface area contributed by atoms with Gasteiger partial charge in [0.15, 0.2) is 17.5 Å². The van der Waals surface area contributed by atoms with Gasteiger partial charge in [-0.05, 0) is 0 Å². The molecule has 0 aromatic heterocycles. The van der Waals surface area contributed by atoms with Gasteiger partial charge in [0, 0.05) is 6.07 Å². The van der Waals surface area contributed by atoms with Gasteiger partial charge in [-0.25, -0.2) is 13.2 Å². The van der Waals surface area contributed by atoms with Gasteiger partial charge in [-0.15, -0.1) is 0 Å². The number of rotatable bonds is 0. The molecule has 5 heteroatoms. The van der Waals surface area contributed by atoms with Crippen molar-refractivity contribution in [2.45, 2.75) is 0 Å². The van der Waals surface area contributed by atoms with Crippen LogP contribution < -0.4 is 0 Å². The fraction of sp³-hybridized carbons (Fsp3) is 0. The van der Waals surface area contributed by atoms with Crippen LogP contribution in [0.5, 0.6) is 0 Å². The molecule has 0 fully saturated rings. The Hall–Kier alpha value is -2.01. The zero-order chi connectivity index (χ0) is 10.0. The quantitative estimate of drug-likeness (QED) is 0.571. The van der Waals surface area contributed by atoms with Crippen LogP contribution in [0.25, 0.3) is 0 Å². The summed E-state index contributed by atoms with van der Waals surface area (Å²) in [7, 11) is 0. The standard InChI is InChI=1S/C8F3N2/c9-6-1-4(2-12)7(10)8(11)5(6)3-13. The van der Waals surface area contributed by atoms with E-state index in [0.717, 1.165) is 6.07 Å². The number of halogens is 3. The molecular formula is C8F3N2. The van der Waals surface area contributed by atoms with Gasteiger partial charge in [0.1, 0.15) is 23.3 Å². The van der Waals surface area contributed by atoms with E-state index in [1.54, 1.807) is 6.07 Å². The minimum absolute atomic E-state index is 0.881. The highest BCUT2D eigenvalue weighted by molar-refractivity contribution is 5.40. The zero-order valence-electron chi connectivity index (χ0n) is 6.03. The highest BCUT2D eigenvalue weighted by Gasteiger charge is 2.18. The van der Waals surface area contributed by atoms with Crippen LogP contribution in [-0.4, -0.2) is 0 Å². The van der Waals surface area contributed by atoms with E-state index in [4.69, 9.17) is 10.5 Å². The van der Waals surface area contributed by atoms with Crippen molar-refractivity contribution in [1.82, 2.24) is 0 Å². The summed E-state index contributed by atoms with van der Waals surface area (Å²) in [4.78, 5) is 0. The summed E-state index contributed by atoms with van der Waals surface area (Å²) in [5.74, 6) is -4.58. The third kappa shape index (κ3) is 1.32. The zero-order valence-corrected chi connectivity index (χ0v) is 6.03. The molecule has 63 valence electrons. The Morgan fingerprint density at radius 1 is 1.00 bits per heavy atom. The molecule has 13 heavy (non-hydrogen) atoms. The molecule has 0 unspecified atom stereocenters. The van der Waals surface area contributed by atoms with Crippen LogP contribution in [0, 0.1) is 46.2 Å². The minimum atomic E-state index is -1.66. The van der Waals surface area contributed by atoms with Crippen molar-refractivity contribution < 1.29 is 13.2 Å². The van der Waals surface area contributed by atoms with Gasteiger partial charge >= 0.3 is 0 Å². The Labute approximate surface area is 71.4 Å². The Balaban J connectivity index is 3.60. The van der Waals surface area contributed by atoms with Gasteiger partial charge in [0.25, 0.3) is 0 Å². The molecule has 0 heterocycles. The lowest BCUT2D eigenvalue weighted by molar-refractivity contribution is 0.488. The summed E-state index contributed by atoms with van der Waals surface area (Å²) < 4.78 is 38.0. The van der Waals surface area contributed by atoms with E-state index in [-0.39, 0.29) is 0 Å². The third-order valence-electron chi connectivity index (χ3n) is 1.31. The third-order valence-corrected chi connectivity index (χ3v) is 1.31. The maximum absolute atomic E-state index is 12.7. The predicted octanol–water partition coefficient (Wildman–Crippen LogP) is 1.65. The first-order chi connectivity index (χ1) is 6.11. The van der Waals surface area contributed by atoms with Crippen LogP contribution in [0.3, 0.4) is 0 Å². The number of benzene rings is 1. The fourth-order valence-electron chi connectivity index (χ4n) is 0.718. The first kappa shape index (κ1) is 9.08. The van der Waals surface area contributed by atoms with Gasteiger partial charge in [0.05, 0.1) is 0 Å². The lowest BCUT2D eigenvalue weighted by Gasteiger charge is -1.97. The smallest absolute Gasteiger partial charge is 0.180 e. The summed E-state index contributed by atoms with van der Waals surface area (Å²) in [6.45, 7) is 0. The van der Waals surface area contributed by atoms with Crippen LogP contribution in [0.2, 0.25) is 0 Å². The largest absolute Gasteiger partial charge is 0.205 e. The average Bonchev–Trinajstić information content (AvgIpc) is 2.12. The van der Waals surface area contributed by atoms with Gasteiger partial charge in [-0.1, -0.05) is 0 Å². The predicted molar refractivity (Wildman–Crippen MR) is 34.6 cm³/mol. The Morgan fingerprint density at radius 2 is 1.62 bits per heavy atom. The van der Waals surface area contributed by atoms with Crippen LogP contribution in [0.1, 0.15) is 11.1 Å². The normalized spacial score (nSPS) is 9.00. The summed E-state index contributed by atoms with van der Waals surface area (Å²) >= 11 is 0. The number of hydrogen-bond donors (Lipinski definition) is 0. The van der Waals surface area contributed by atoms with Crippen molar-refractivity contribution in [3.8, 4) is 12.1 Å². The van der Waals surface area contributed by atoms with Crippen LogP contribution in [0.15, 0.2) is 0 Å². The number of nitrogens with zero attached hydrogens (tertiary/aromatic N) is 2. The van der Waals surface area contributed by atoms with E-state index in [2.05, 4.69) is 0 Å². The van der Waals surface area contributed by atoms with Crippen molar-refractivity contribution in [2.24, 2.45) is 0 Å².